The van der Waals surface area contributed by atoms with Crippen LogP contribution in [0.4, 0.5) is 5.69 Å². The van der Waals surface area contributed by atoms with E-state index in [0.717, 1.165) is 19.4 Å². The average molecular weight is 283 g/mol. The summed E-state index contributed by atoms with van der Waals surface area (Å²) in [7, 11) is 0. The van der Waals surface area contributed by atoms with Gasteiger partial charge in [-0.05, 0) is 37.6 Å². The Morgan fingerprint density at radius 1 is 1.47 bits per heavy atom. The van der Waals surface area contributed by atoms with E-state index >= 15 is 0 Å². The van der Waals surface area contributed by atoms with Gasteiger partial charge in [0.2, 0.25) is 5.91 Å². The van der Waals surface area contributed by atoms with Crippen LogP contribution < -0.4 is 10.6 Å². The summed E-state index contributed by atoms with van der Waals surface area (Å²) < 4.78 is 0. The number of rotatable bonds is 4. The van der Waals surface area contributed by atoms with Gasteiger partial charge in [-0.1, -0.05) is 11.6 Å². The van der Waals surface area contributed by atoms with Crippen molar-refractivity contribution in [1.29, 1.82) is 0 Å². The number of hydrogen-bond acceptors (Lipinski definition) is 3. The van der Waals surface area contributed by atoms with Gasteiger partial charge in [-0.2, -0.15) is 0 Å². The Balaban J connectivity index is 1.96. The second-order valence-corrected chi connectivity index (χ2v) is 4.95. The Bertz CT molecular complexity index is 499. The molecule has 6 heteroatoms. The highest BCUT2D eigenvalue weighted by Gasteiger charge is 2.18. The molecule has 0 saturated carbocycles. The average Bonchev–Trinajstić information content (AvgIpc) is 2.81. The highest BCUT2D eigenvalue weighted by atomic mass is 35.5. The van der Waals surface area contributed by atoms with Gasteiger partial charge < -0.3 is 15.7 Å². The molecule has 0 spiro atoms. The minimum absolute atomic E-state index is 0.0251. The van der Waals surface area contributed by atoms with Crippen molar-refractivity contribution in [2.24, 2.45) is 0 Å². The molecule has 1 aliphatic heterocycles. The second kappa shape index (κ2) is 6.04. The number of carbonyl (C=O) groups excluding carboxylic acids is 1. The van der Waals surface area contributed by atoms with Crippen LogP contribution in [0.15, 0.2) is 18.2 Å². The first-order chi connectivity index (χ1) is 9.06. The lowest BCUT2D eigenvalue weighted by atomic mass is 10.1. The lowest BCUT2D eigenvalue weighted by molar-refractivity contribution is -0.116. The summed E-state index contributed by atoms with van der Waals surface area (Å²) in [5.41, 5.74) is 0.537. The number of anilines is 1. The van der Waals surface area contributed by atoms with E-state index in [1.807, 2.05) is 0 Å². The summed E-state index contributed by atoms with van der Waals surface area (Å²) in [6, 6.07) is 4.60. The SMILES string of the molecule is O=C(CC1CCCN1)Nc1ccc(C(=O)O)c(Cl)c1. The van der Waals surface area contributed by atoms with Crippen LogP contribution >= 0.6 is 11.6 Å². The van der Waals surface area contributed by atoms with E-state index in [-0.39, 0.29) is 22.5 Å². The zero-order chi connectivity index (χ0) is 13.8. The van der Waals surface area contributed by atoms with Gasteiger partial charge in [0.1, 0.15) is 0 Å². The monoisotopic (exact) mass is 282 g/mol. The number of aromatic carboxylic acids is 1. The van der Waals surface area contributed by atoms with Crippen molar-refractivity contribution >= 4 is 29.2 Å². The van der Waals surface area contributed by atoms with E-state index in [4.69, 9.17) is 16.7 Å². The summed E-state index contributed by atoms with van der Waals surface area (Å²) in [5.74, 6) is -1.18. The fraction of sp³-hybridized carbons (Fsp3) is 0.385. The zero-order valence-electron chi connectivity index (χ0n) is 10.3. The summed E-state index contributed by atoms with van der Waals surface area (Å²) in [4.78, 5) is 22.6. The van der Waals surface area contributed by atoms with Crippen LogP contribution in [0.1, 0.15) is 29.6 Å². The molecule has 1 fully saturated rings. The third kappa shape index (κ3) is 3.68. The van der Waals surface area contributed by atoms with Crippen LogP contribution in [0.3, 0.4) is 0 Å². The lowest BCUT2D eigenvalue weighted by Gasteiger charge is -2.11. The van der Waals surface area contributed by atoms with Gasteiger partial charge in [-0.3, -0.25) is 4.79 Å². The first kappa shape index (κ1) is 13.8. The molecule has 2 rings (SSSR count). The molecule has 102 valence electrons. The lowest BCUT2D eigenvalue weighted by Crippen LogP contribution is -2.27. The highest BCUT2D eigenvalue weighted by Crippen LogP contribution is 2.21. The van der Waals surface area contributed by atoms with E-state index in [1.165, 1.54) is 18.2 Å². The molecule has 1 atom stereocenters. The van der Waals surface area contributed by atoms with Crippen molar-refractivity contribution in [1.82, 2.24) is 5.32 Å². The number of carbonyl (C=O) groups is 2. The maximum absolute atomic E-state index is 11.8. The number of amides is 1. The molecule has 1 aliphatic rings. The number of nitrogens with one attached hydrogen (secondary N) is 2. The van der Waals surface area contributed by atoms with Gasteiger partial charge in [-0.15, -0.1) is 0 Å². The van der Waals surface area contributed by atoms with E-state index in [2.05, 4.69) is 10.6 Å². The van der Waals surface area contributed by atoms with Crippen molar-refractivity contribution in [3.05, 3.63) is 28.8 Å². The Morgan fingerprint density at radius 3 is 2.84 bits per heavy atom. The molecule has 1 heterocycles. The zero-order valence-corrected chi connectivity index (χ0v) is 11.0. The summed E-state index contributed by atoms with van der Waals surface area (Å²) in [6.07, 6.45) is 2.52. The molecule has 0 radical (unpaired) electrons. The minimum Gasteiger partial charge on any atom is -0.478 e. The fourth-order valence-corrected chi connectivity index (χ4v) is 2.39. The molecule has 1 aromatic carbocycles. The molecule has 1 amide bonds. The summed E-state index contributed by atoms with van der Waals surface area (Å²) in [5, 5.41) is 14.9. The summed E-state index contributed by atoms with van der Waals surface area (Å²) in [6.45, 7) is 0.955. The summed E-state index contributed by atoms with van der Waals surface area (Å²) >= 11 is 5.83. The van der Waals surface area contributed by atoms with Crippen LogP contribution in [0.5, 0.6) is 0 Å². The largest absolute Gasteiger partial charge is 0.478 e. The molecule has 1 saturated heterocycles. The number of carboxylic acid groups (broad SMARTS) is 1. The third-order valence-electron chi connectivity index (χ3n) is 3.08. The predicted octanol–water partition coefficient (Wildman–Crippen LogP) is 2.12. The molecule has 3 N–H and O–H groups in total. The molecule has 0 aliphatic carbocycles. The smallest absolute Gasteiger partial charge is 0.337 e. The normalized spacial score (nSPS) is 18.3. The van der Waals surface area contributed by atoms with Gasteiger partial charge in [0.25, 0.3) is 0 Å². The van der Waals surface area contributed by atoms with Crippen molar-refractivity contribution in [3.8, 4) is 0 Å². The standard InChI is InChI=1S/C13H15ClN2O3/c14-11-6-9(3-4-10(11)13(18)19)16-12(17)7-8-2-1-5-15-8/h3-4,6,8,15H,1-2,5,7H2,(H,16,17)(H,18,19). The van der Waals surface area contributed by atoms with Crippen molar-refractivity contribution in [2.75, 3.05) is 11.9 Å². The molecule has 5 nitrogen and oxygen atoms in total. The Kier molecular flexibility index (Phi) is 4.39. The first-order valence-corrected chi connectivity index (χ1v) is 6.50. The molecular formula is C13H15ClN2O3. The first-order valence-electron chi connectivity index (χ1n) is 6.12. The van der Waals surface area contributed by atoms with Crippen molar-refractivity contribution < 1.29 is 14.7 Å². The Labute approximate surface area is 116 Å². The second-order valence-electron chi connectivity index (χ2n) is 4.55. The molecule has 1 unspecified atom stereocenters. The number of carboxylic acids is 1. The topological polar surface area (TPSA) is 78.4 Å². The van der Waals surface area contributed by atoms with Crippen LogP contribution in [0.25, 0.3) is 0 Å². The van der Waals surface area contributed by atoms with Gasteiger partial charge in [-0.25, -0.2) is 4.79 Å². The van der Waals surface area contributed by atoms with Crippen LogP contribution in [0.2, 0.25) is 5.02 Å². The van der Waals surface area contributed by atoms with Gasteiger partial charge in [0.05, 0.1) is 10.6 Å². The van der Waals surface area contributed by atoms with E-state index < -0.39 is 5.97 Å². The molecule has 1 aromatic rings. The molecule has 0 bridgehead atoms. The van der Waals surface area contributed by atoms with Crippen LogP contribution in [0, 0.1) is 0 Å². The van der Waals surface area contributed by atoms with E-state index in [9.17, 15) is 9.59 Å². The molecule has 19 heavy (non-hydrogen) atoms. The van der Waals surface area contributed by atoms with Gasteiger partial charge >= 0.3 is 5.97 Å². The Morgan fingerprint density at radius 2 is 2.26 bits per heavy atom. The maximum atomic E-state index is 11.8. The van der Waals surface area contributed by atoms with E-state index in [0.29, 0.717) is 12.1 Å². The Hall–Kier alpha value is -1.59. The number of benzene rings is 1. The van der Waals surface area contributed by atoms with Crippen molar-refractivity contribution in [3.63, 3.8) is 0 Å². The maximum Gasteiger partial charge on any atom is 0.337 e. The van der Waals surface area contributed by atoms with Crippen LogP contribution in [-0.2, 0) is 4.79 Å². The molecular weight excluding hydrogens is 268 g/mol. The minimum atomic E-state index is -1.09. The van der Waals surface area contributed by atoms with Gasteiger partial charge in [0, 0.05) is 18.2 Å². The number of hydrogen-bond donors (Lipinski definition) is 3. The predicted molar refractivity (Wildman–Crippen MR) is 72.7 cm³/mol. The van der Waals surface area contributed by atoms with Crippen molar-refractivity contribution in [2.45, 2.75) is 25.3 Å². The highest BCUT2D eigenvalue weighted by molar-refractivity contribution is 6.33. The third-order valence-corrected chi connectivity index (χ3v) is 3.39. The van der Waals surface area contributed by atoms with E-state index in [1.54, 1.807) is 0 Å². The number of halogens is 1. The van der Waals surface area contributed by atoms with Gasteiger partial charge in [0.15, 0.2) is 0 Å². The van der Waals surface area contributed by atoms with Crippen LogP contribution in [-0.4, -0.2) is 29.6 Å². The molecule has 0 aromatic heterocycles. The quantitative estimate of drug-likeness (QED) is 0.790. The fourth-order valence-electron chi connectivity index (χ4n) is 2.13.